The Bertz CT molecular complexity index is 1520. The van der Waals surface area contributed by atoms with Gasteiger partial charge in [0.2, 0.25) is 0 Å². The molecule has 1 aliphatic heterocycles. The highest BCUT2D eigenvalue weighted by Gasteiger charge is 2.40. The van der Waals surface area contributed by atoms with E-state index in [-0.39, 0.29) is 22.2 Å². The minimum absolute atomic E-state index is 0.121. The van der Waals surface area contributed by atoms with Crippen LogP contribution in [0.4, 0.5) is 21.5 Å². The first-order chi connectivity index (χ1) is 17.9. The molecule has 0 aliphatic carbocycles. The second kappa shape index (κ2) is 10.4. The Labute approximate surface area is 220 Å². The molecule has 184 valence electrons. The number of benzene rings is 3. The van der Waals surface area contributed by atoms with Gasteiger partial charge in [0.1, 0.15) is 16.4 Å². The number of imide groups is 1. The van der Waals surface area contributed by atoms with Crippen molar-refractivity contribution in [2.45, 2.75) is 11.8 Å². The van der Waals surface area contributed by atoms with Gasteiger partial charge in [-0.05, 0) is 73.0 Å². The summed E-state index contributed by atoms with van der Waals surface area (Å²) in [7, 11) is 0. The van der Waals surface area contributed by atoms with Crippen molar-refractivity contribution >= 4 is 57.9 Å². The van der Waals surface area contributed by atoms with Gasteiger partial charge >= 0.3 is 0 Å². The number of thiophene rings is 1. The van der Waals surface area contributed by atoms with Gasteiger partial charge in [-0.1, -0.05) is 41.6 Å². The standard InChI is InChI=1S/C28H20FN3O3S2/c1-17-7-11-19(12-8-17)30-24-25(28(35)32(27(24)34)21-13-9-18(29)10-14-21)37-22-5-2-4-20(16-22)31-26(33)23-6-3-15-36-23/h2-16,30H,1H3,(H,31,33). The third kappa shape index (κ3) is 5.32. The summed E-state index contributed by atoms with van der Waals surface area (Å²) in [6, 6.07) is 23.2. The van der Waals surface area contributed by atoms with E-state index in [9.17, 15) is 18.8 Å². The lowest BCUT2D eigenvalue weighted by molar-refractivity contribution is -0.120. The molecule has 1 aliphatic rings. The average Bonchev–Trinajstić information content (AvgIpc) is 3.50. The van der Waals surface area contributed by atoms with Gasteiger partial charge < -0.3 is 10.6 Å². The number of anilines is 3. The van der Waals surface area contributed by atoms with Gasteiger partial charge in [0.15, 0.2) is 0 Å². The Hall–Kier alpha value is -4.21. The highest BCUT2D eigenvalue weighted by molar-refractivity contribution is 8.04. The third-order valence-electron chi connectivity index (χ3n) is 5.50. The molecular formula is C28H20FN3O3S2. The zero-order valence-electron chi connectivity index (χ0n) is 19.5. The molecule has 37 heavy (non-hydrogen) atoms. The Morgan fingerprint density at radius 2 is 1.65 bits per heavy atom. The van der Waals surface area contributed by atoms with Crippen molar-refractivity contribution < 1.29 is 18.8 Å². The number of hydrogen-bond donors (Lipinski definition) is 2. The van der Waals surface area contributed by atoms with E-state index in [0.29, 0.717) is 21.1 Å². The van der Waals surface area contributed by atoms with Crippen molar-refractivity contribution in [2.75, 3.05) is 15.5 Å². The maximum absolute atomic E-state index is 13.5. The van der Waals surface area contributed by atoms with Crippen LogP contribution in [0.15, 0.2) is 106 Å². The monoisotopic (exact) mass is 529 g/mol. The molecule has 3 aromatic carbocycles. The number of nitrogens with one attached hydrogen (secondary N) is 2. The van der Waals surface area contributed by atoms with E-state index >= 15 is 0 Å². The van der Waals surface area contributed by atoms with E-state index in [0.717, 1.165) is 22.2 Å². The van der Waals surface area contributed by atoms with Crippen molar-refractivity contribution in [1.82, 2.24) is 0 Å². The van der Waals surface area contributed by atoms with Gasteiger partial charge in [0, 0.05) is 16.3 Å². The normalized spacial score (nSPS) is 13.3. The summed E-state index contributed by atoms with van der Waals surface area (Å²) < 4.78 is 13.5. The molecule has 9 heteroatoms. The first-order valence-corrected chi connectivity index (χ1v) is 12.9. The van der Waals surface area contributed by atoms with E-state index in [1.54, 1.807) is 36.4 Å². The van der Waals surface area contributed by atoms with E-state index in [1.807, 2.05) is 36.6 Å². The van der Waals surface area contributed by atoms with Crippen molar-refractivity contribution in [3.63, 3.8) is 0 Å². The van der Waals surface area contributed by atoms with Gasteiger partial charge in [-0.15, -0.1) is 11.3 Å². The summed E-state index contributed by atoms with van der Waals surface area (Å²) in [5.74, 6) is -1.76. The smallest absolute Gasteiger partial charge is 0.283 e. The molecule has 0 fully saturated rings. The van der Waals surface area contributed by atoms with Gasteiger partial charge in [0.05, 0.1) is 10.6 Å². The topological polar surface area (TPSA) is 78.5 Å². The molecule has 0 bridgehead atoms. The molecule has 6 nitrogen and oxygen atoms in total. The van der Waals surface area contributed by atoms with Crippen molar-refractivity contribution in [1.29, 1.82) is 0 Å². The lowest BCUT2D eigenvalue weighted by Crippen LogP contribution is -2.32. The Kier molecular flexibility index (Phi) is 6.89. The number of nitrogens with zero attached hydrogens (tertiary/aromatic N) is 1. The first kappa shape index (κ1) is 24.5. The predicted octanol–water partition coefficient (Wildman–Crippen LogP) is 6.44. The number of halogens is 1. The van der Waals surface area contributed by atoms with Crippen LogP contribution >= 0.6 is 23.1 Å². The Morgan fingerprint density at radius 3 is 2.35 bits per heavy atom. The van der Waals surface area contributed by atoms with E-state index in [4.69, 9.17) is 0 Å². The van der Waals surface area contributed by atoms with Crippen LogP contribution in [0.25, 0.3) is 0 Å². The molecule has 0 spiro atoms. The fourth-order valence-electron chi connectivity index (χ4n) is 3.68. The lowest BCUT2D eigenvalue weighted by Gasteiger charge is -2.15. The van der Waals surface area contributed by atoms with Crippen LogP contribution in [0.2, 0.25) is 0 Å². The summed E-state index contributed by atoms with van der Waals surface area (Å²) in [6.07, 6.45) is 0. The quantitative estimate of drug-likeness (QED) is 0.270. The number of amides is 3. The number of hydrogen-bond acceptors (Lipinski definition) is 6. The van der Waals surface area contributed by atoms with Crippen molar-refractivity contribution in [3.8, 4) is 0 Å². The summed E-state index contributed by atoms with van der Waals surface area (Å²) >= 11 is 2.45. The number of carbonyl (C=O) groups excluding carboxylic acids is 3. The first-order valence-electron chi connectivity index (χ1n) is 11.2. The molecular weight excluding hydrogens is 509 g/mol. The molecule has 5 rings (SSSR count). The van der Waals surface area contributed by atoms with E-state index < -0.39 is 17.6 Å². The fraction of sp³-hybridized carbons (Fsp3) is 0.0357. The predicted molar refractivity (Wildman–Crippen MR) is 145 cm³/mol. The Morgan fingerprint density at radius 1 is 0.892 bits per heavy atom. The number of rotatable bonds is 7. The van der Waals surface area contributed by atoms with Gasteiger partial charge in [0.25, 0.3) is 17.7 Å². The highest BCUT2D eigenvalue weighted by atomic mass is 32.2. The van der Waals surface area contributed by atoms with Crippen LogP contribution in [0, 0.1) is 12.7 Å². The molecule has 2 N–H and O–H groups in total. The van der Waals surface area contributed by atoms with Crippen LogP contribution in [-0.4, -0.2) is 17.7 Å². The molecule has 0 radical (unpaired) electrons. The zero-order chi connectivity index (χ0) is 25.9. The molecule has 0 unspecified atom stereocenters. The zero-order valence-corrected chi connectivity index (χ0v) is 21.2. The summed E-state index contributed by atoms with van der Waals surface area (Å²) in [4.78, 5) is 41.9. The molecule has 0 saturated carbocycles. The number of carbonyl (C=O) groups is 3. The fourth-order valence-corrected chi connectivity index (χ4v) is 5.28. The molecule has 1 aromatic heterocycles. The molecule has 2 heterocycles. The molecule has 3 amide bonds. The minimum Gasteiger partial charge on any atom is -0.350 e. The SMILES string of the molecule is Cc1ccc(NC2=C(Sc3cccc(NC(=O)c4cccs4)c3)C(=O)N(c3ccc(F)cc3)C2=O)cc1. The minimum atomic E-state index is -0.540. The highest BCUT2D eigenvalue weighted by Crippen LogP contribution is 2.38. The van der Waals surface area contributed by atoms with Crippen LogP contribution in [0.5, 0.6) is 0 Å². The van der Waals surface area contributed by atoms with Crippen LogP contribution < -0.4 is 15.5 Å². The maximum Gasteiger partial charge on any atom is 0.283 e. The van der Waals surface area contributed by atoms with Gasteiger partial charge in [-0.2, -0.15) is 0 Å². The summed E-state index contributed by atoms with van der Waals surface area (Å²) in [5.41, 5.74) is 2.66. The number of thioether (sulfide) groups is 1. The second-order valence-corrected chi connectivity index (χ2v) is 10.2. The molecule has 0 atom stereocenters. The van der Waals surface area contributed by atoms with Gasteiger partial charge in [-0.3, -0.25) is 14.4 Å². The van der Waals surface area contributed by atoms with Gasteiger partial charge in [-0.25, -0.2) is 9.29 Å². The number of aryl methyl sites for hydroxylation is 1. The van der Waals surface area contributed by atoms with Crippen molar-refractivity contribution in [2.24, 2.45) is 0 Å². The second-order valence-electron chi connectivity index (χ2n) is 8.18. The van der Waals surface area contributed by atoms with Crippen LogP contribution in [-0.2, 0) is 9.59 Å². The van der Waals surface area contributed by atoms with E-state index in [2.05, 4.69) is 10.6 Å². The van der Waals surface area contributed by atoms with Crippen LogP contribution in [0.1, 0.15) is 15.2 Å². The molecule has 0 saturated heterocycles. The van der Waals surface area contributed by atoms with Crippen LogP contribution in [0.3, 0.4) is 0 Å². The Balaban J connectivity index is 1.46. The maximum atomic E-state index is 13.5. The largest absolute Gasteiger partial charge is 0.350 e. The lowest BCUT2D eigenvalue weighted by atomic mass is 10.2. The molecule has 4 aromatic rings. The third-order valence-corrected chi connectivity index (χ3v) is 7.45. The average molecular weight is 530 g/mol. The summed E-state index contributed by atoms with van der Waals surface area (Å²) in [6.45, 7) is 1.95. The van der Waals surface area contributed by atoms with E-state index in [1.165, 1.54) is 35.6 Å². The summed E-state index contributed by atoms with van der Waals surface area (Å²) in [5, 5.41) is 7.78. The van der Waals surface area contributed by atoms with Crippen molar-refractivity contribution in [3.05, 3.63) is 117 Å².